The molecule has 2 rings (SSSR count). The maximum atomic E-state index is 9.49. The van der Waals surface area contributed by atoms with Crippen LogP contribution >= 0.6 is 22.6 Å². The number of likely N-dealkylation sites (tertiary alicyclic amines) is 1. The first kappa shape index (κ1) is 14.1. The van der Waals surface area contributed by atoms with Gasteiger partial charge in [-0.15, -0.1) is 0 Å². The minimum Gasteiger partial charge on any atom is -0.493 e. The Hall–Kier alpha value is -0.330. The SMILES string of the molecule is CC(O)N1CCC(COc2ccc(I)cc2)CC1. The highest BCUT2D eigenvalue weighted by Crippen LogP contribution is 2.20. The number of benzene rings is 1. The third-order valence-electron chi connectivity index (χ3n) is 3.48. The first-order valence-electron chi connectivity index (χ1n) is 6.45. The molecule has 1 aliphatic rings. The Morgan fingerprint density at radius 1 is 1.33 bits per heavy atom. The Kier molecular flexibility index (Phi) is 5.26. The van der Waals surface area contributed by atoms with Crippen molar-refractivity contribution in [3.05, 3.63) is 27.8 Å². The molecule has 0 saturated carbocycles. The molecule has 0 amide bonds. The van der Waals surface area contributed by atoms with E-state index in [0.29, 0.717) is 5.92 Å². The van der Waals surface area contributed by atoms with Crippen LogP contribution in [0.3, 0.4) is 0 Å². The van der Waals surface area contributed by atoms with Crippen molar-refractivity contribution in [3.63, 3.8) is 0 Å². The molecule has 0 bridgehead atoms. The lowest BCUT2D eigenvalue weighted by molar-refractivity contribution is -0.00777. The number of ether oxygens (including phenoxy) is 1. The molecule has 1 fully saturated rings. The van der Waals surface area contributed by atoms with Crippen LogP contribution in [0.25, 0.3) is 0 Å². The largest absolute Gasteiger partial charge is 0.493 e. The zero-order chi connectivity index (χ0) is 13.0. The van der Waals surface area contributed by atoms with E-state index in [2.05, 4.69) is 39.6 Å². The average Bonchev–Trinajstić information content (AvgIpc) is 2.38. The fraction of sp³-hybridized carbons (Fsp3) is 0.571. The molecule has 1 atom stereocenters. The molecule has 18 heavy (non-hydrogen) atoms. The summed E-state index contributed by atoms with van der Waals surface area (Å²) in [5.41, 5.74) is 0. The van der Waals surface area contributed by atoms with Gasteiger partial charge >= 0.3 is 0 Å². The quantitative estimate of drug-likeness (QED) is 0.838. The normalized spacial score (nSPS) is 19.7. The van der Waals surface area contributed by atoms with E-state index in [1.165, 1.54) is 3.57 Å². The van der Waals surface area contributed by atoms with E-state index in [-0.39, 0.29) is 6.23 Å². The van der Waals surface area contributed by atoms with Gasteiger partial charge in [0.25, 0.3) is 0 Å². The summed E-state index contributed by atoms with van der Waals surface area (Å²) >= 11 is 2.29. The van der Waals surface area contributed by atoms with Gasteiger partial charge in [-0.1, -0.05) is 0 Å². The number of aliphatic hydroxyl groups excluding tert-OH is 1. The van der Waals surface area contributed by atoms with Gasteiger partial charge in [0.05, 0.1) is 6.61 Å². The van der Waals surface area contributed by atoms with E-state index in [1.54, 1.807) is 0 Å². The minimum absolute atomic E-state index is 0.317. The molecule has 100 valence electrons. The molecular formula is C14H20INO2. The predicted molar refractivity (Wildman–Crippen MR) is 80.6 cm³/mol. The summed E-state index contributed by atoms with van der Waals surface area (Å²) in [6, 6.07) is 8.16. The summed E-state index contributed by atoms with van der Waals surface area (Å²) in [4.78, 5) is 2.11. The Labute approximate surface area is 122 Å². The maximum absolute atomic E-state index is 9.49. The van der Waals surface area contributed by atoms with Gasteiger partial charge in [0.15, 0.2) is 0 Å². The number of nitrogens with zero attached hydrogens (tertiary/aromatic N) is 1. The second-order valence-electron chi connectivity index (χ2n) is 4.88. The highest BCUT2D eigenvalue weighted by Gasteiger charge is 2.21. The third kappa shape index (κ3) is 4.10. The topological polar surface area (TPSA) is 32.7 Å². The molecule has 0 aliphatic carbocycles. The van der Waals surface area contributed by atoms with Crippen LogP contribution in [0, 0.1) is 9.49 Å². The van der Waals surface area contributed by atoms with Gasteiger partial charge in [0, 0.05) is 16.7 Å². The molecule has 0 spiro atoms. The lowest BCUT2D eigenvalue weighted by Crippen LogP contribution is -2.40. The molecule has 3 nitrogen and oxygen atoms in total. The number of rotatable bonds is 4. The zero-order valence-corrected chi connectivity index (χ0v) is 12.8. The Morgan fingerprint density at radius 2 is 1.94 bits per heavy atom. The highest BCUT2D eigenvalue weighted by atomic mass is 127. The number of hydrogen-bond donors (Lipinski definition) is 1. The molecule has 4 heteroatoms. The van der Waals surface area contributed by atoms with Gasteiger partial charge in [-0.2, -0.15) is 0 Å². The fourth-order valence-corrected chi connectivity index (χ4v) is 2.60. The van der Waals surface area contributed by atoms with E-state index in [9.17, 15) is 5.11 Å². The van der Waals surface area contributed by atoms with E-state index in [0.717, 1.165) is 38.3 Å². The first-order chi connectivity index (χ1) is 8.65. The van der Waals surface area contributed by atoms with Gasteiger partial charge in [-0.3, -0.25) is 4.90 Å². The summed E-state index contributed by atoms with van der Waals surface area (Å²) in [5, 5.41) is 9.49. The lowest BCUT2D eigenvalue weighted by Gasteiger charge is -2.33. The zero-order valence-electron chi connectivity index (χ0n) is 10.7. The molecule has 1 aromatic rings. The molecule has 1 saturated heterocycles. The minimum atomic E-state index is -0.317. The van der Waals surface area contributed by atoms with Gasteiger partial charge in [0.2, 0.25) is 0 Å². The van der Waals surface area contributed by atoms with Crippen molar-refractivity contribution in [2.75, 3.05) is 19.7 Å². The monoisotopic (exact) mass is 361 g/mol. The van der Waals surface area contributed by atoms with Crippen molar-refractivity contribution < 1.29 is 9.84 Å². The van der Waals surface area contributed by atoms with Crippen molar-refractivity contribution in [1.29, 1.82) is 0 Å². The first-order valence-corrected chi connectivity index (χ1v) is 7.53. The van der Waals surface area contributed by atoms with Crippen molar-refractivity contribution in [3.8, 4) is 5.75 Å². The highest BCUT2D eigenvalue weighted by molar-refractivity contribution is 14.1. The van der Waals surface area contributed by atoms with Crippen LogP contribution in [0.4, 0.5) is 0 Å². The smallest absolute Gasteiger partial charge is 0.119 e. The Balaban J connectivity index is 1.74. The Bertz CT molecular complexity index is 359. The molecule has 1 aromatic carbocycles. The van der Waals surface area contributed by atoms with Crippen LogP contribution in [-0.4, -0.2) is 35.9 Å². The van der Waals surface area contributed by atoms with E-state index in [4.69, 9.17) is 4.74 Å². The summed E-state index contributed by atoms with van der Waals surface area (Å²) in [6.07, 6.45) is 1.90. The average molecular weight is 361 g/mol. The molecule has 1 unspecified atom stereocenters. The van der Waals surface area contributed by atoms with Crippen molar-refractivity contribution in [1.82, 2.24) is 4.90 Å². The number of piperidine rings is 1. The second-order valence-corrected chi connectivity index (χ2v) is 6.12. The molecule has 1 aliphatic heterocycles. The van der Waals surface area contributed by atoms with E-state index < -0.39 is 0 Å². The maximum Gasteiger partial charge on any atom is 0.119 e. The Morgan fingerprint density at radius 3 is 2.50 bits per heavy atom. The second kappa shape index (κ2) is 6.73. The van der Waals surface area contributed by atoms with Gasteiger partial charge in [0.1, 0.15) is 12.0 Å². The summed E-state index contributed by atoms with van der Waals surface area (Å²) in [6.45, 7) is 4.56. The van der Waals surface area contributed by atoms with E-state index >= 15 is 0 Å². The molecule has 0 aromatic heterocycles. The van der Waals surface area contributed by atoms with Gasteiger partial charge in [-0.05, 0) is 72.5 Å². The van der Waals surface area contributed by atoms with Crippen LogP contribution < -0.4 is 4.74 Å². The van der Waals surface area contributed by atoms with Crippen LogP contribution in [0.2, 0.25) is 0 Å². The summed E-state index contributed by atoms with van der Waals surface area (Å²) in [5.74, 6) is 1.56. The van der Waals surface area contributed by atoms with Crippen LogP contribution in [0.5, 0.6) is 5.75 Å². The number of halogens is 1. The van der Waals surface area contributed by atoms with Crippen molar-refractivity contribution >= 4 is 22.6 Å². The van der Waals surface area contributed by atoms with Gasteiger partial charge in [-0.25, -0.2) is 0 Å². The van der Waals surface area contributed by atoms with Crippen LogP contribution in [-0.2, 0) is 0 Å². The molecule has 1 N–H and O–H groups in total. The summed E-state index contributed by atoms with van der Waals surface area (Å²) < 4.78 is 7.04. The summed E-state index contributed by atoms with van der Waals surface area (Å²) in [7, 11) is 0. The third-order valence-corrected chi connectivity index (χ3v) is 4.20. The van der Waals surface area contributed by atoms with Crippen molar-refractivity contribution in [2.24, 2.45) is 5.92 Å². The van der Waals surface area contributed by atoms with Crippen LogP contribution in [0.1, 0.15) is 19.8 Å². The molecule has 1 heterocycles. The lowest BCUT2D eigenvalue weighted by atomic mass is 9.98. The predicted octanol–water partition coefficient (Wildman–Crippen LogP) is 2.72. The number of hydrogen-bond acceptors (Lipinski definition) is 3. The van der Waals surface area contributed by atoms with Crippen LogP contribution in [0.15, 0.2) is 24.3 Å². The fourth-order valence-electron chi connectivity index (χ4n) is 2.24. The standard InChI is InChI=1S/C14H20INO2/c1-11(17)16-8-6-12(7-9-16)10-18-14-4-2-13(15)3-5-14/h2-5,11-12,17H,6-10H2,1H3. The number of aliphatic hydroxyl groups is 1. The van der Waals surface area contributed by atoms with Gasteiger partial charge < -0.3 is 9.84 Å². The molecular weight excluding hydrogens is 341 g/mol. The van der Waals surface area contributed by atoms with Crippen molar-refractivity contribution in [2.45, 2.75) is 26.0 Å². The molecule has 0 radical (unpaired) electrons. The van der Waals surface area contributed by atoms with E-state index in [1.807, 2.05) is 19.1 Å².